The molecule has 0 unspecified atom stereocenters. The number of para-hydroxylation sites is 1. The van der Waals surface area contributed by atoms with E-state index in [0.717, 1.165) is 6.26 Å². The first-order valence-corrected chi connectivity index (χ1v) is 8.29. The van der Waals surface area contributed by atoms with Crippen LogP contribution in [0.15, 0.2) is 30.3 Å². The number of hydrogen-bond donors (Lipinski definition) is 3. The second-order valence-electron chi connectivity index (χ2n) is 4.60. The number of nitrogens with two attached hydrogens (primary N) is 1. The average Bonchev–Trinajstić information content (AvgIpc) is 2.44. The van der Waals surface area contributed by atoms with Crippen molar-refractivity contribution in [2.24, 2.45) is 5.84 Å². The molecule has 1 aromatic carbocycles. The van der Waals surface area contributed by atoms with Gasteiger partial charge < -0.3 is 10.7 Å². The van der Waals surface area contributed by atoms with Gasteiger partial charge in [0, 0.05) is 18.2 Å². The number of hydrazine groups is 1. The SMILES string of the molecule is CS(=O)(=O)CCNC(=O)c1cc(NN)nc2ccccc12. The molecule has 21 heavy (non-hydrogen) atoms. The predicted octanol–water partition coefficient (Wildman–Crippen LogP) is 0.295. The number of carbonyl (C=O) groups is 1. The molecule has 0 radical (unpaired) electrons. The fraction of sp³-hybridized carbons (Fsp3) is 0.231. The maximum Gasteiger partial charge on any atom is 0.252 e. The number of benzene rings is 1. The van der Waals surface area contributed by atoms with Crippen LogP contribution in [0.3, 0.4) is 0 Å². The van der Waals surface area contributed by atoms with E-state index in [2.05, 4.69) is 15.7 Å². The van der Waals surface area contributed by atoms with Crippen LogP contribution in [0.2, 0.25) is 0 Å². The second-order valence-corrected chi connectivity index (χ2v) is 6.86. The Kier molecular flexibility index (Phi) is 4.39. The van der Waals surface area contributed by atoms with Gasteiger partial charge in [-0.25, -0.2) is 19.2 Å². The number of anilines is 1. The van der Waals surface area contributed by atoms with E-state index in [1.165, 1.54) is 6.07 Å². The number of pyridine rings is 1. The van der Waals surface area contributed by atoms with Gasteiger partial charge in [-0.05, 0) is 12.1 Å². The largest absolute Gasteiger partial charge is 0.351 e. The zero-order chi connectivity index (χ0) is 15.5. The predicted molar refractivity (Wildman–Crippen MR) is 81.6 cm³/mol. The summed E-state index contributed by atoms with van der Waals surface area (Å²) in [6, 6.07) is 8.67. The normalized spacial score (nSPS) is 11.3. The van der Waals surface area contributed by atoms with Crippen LogP contribution in [0.5, 0.6) is 0 Å². The average molecular weight is 308 g/mol. The van der Waals surface area contributed by atoms with Gasteiger partial charge in [-0.3, -0.25) is 4.79 Å². The lowest BCUT2D eigenvalue weighted by Crippen LogP contribution is -2.29. The summed E-state index contributed by atoms with van der Waals surface area (Å²) in [5.41, 5.74) is 3.42. The molecule has 1 aromatic heterocycles. The van der Waals surface area contributed by atoms with Crippen molar-refractivity contribution < 1.29 is 13.2 Å². The molecular formula is C13H16N4O3S. The number of aromatic nitrogens is 1. The van der Waals surface area contributed by atoms with Crippen molar-refractivity contribution in [1.29, 1.82) is 0 Å². The lowest BCUT2D eigenvalue weighted by molar-refractivity contribution is 0.0958. The number of nitrogens with one attached hydrogen (secondary N) is 2. The molecule has 0 saturated heterocycles. The summed E-state index contributed by atoms with van der Waals surface area (Å²) in [5, 5.41) is 3.26. The molecular weight excluding hydrogens is 292 g/mol. The fourth-order valence-electron chi connectivity index (χ4n) is 1.88. The summed E-state index contributed by atoms with van der Waals surface area (Å²) in [6.45, 7) is 0.0553. The molecule has 2 aromatic rings. The van der Waals surface area contributed by atoms with Crippen molar-refractivity contribution in [3.63, 3.8) is 0 Å². The van der Waals surface area contributed by atoms with E-state index in [1.807, 2.05) is 0 Å². The first-order valence-electron chi connectivity index (χ1n) is 6.23. The Morgan fingerprint density at radius 3 is 2.71 bits per heavy atom. The molecule has 0 spiro atoms. The highest BCUT2D eigenvalue weighted by Gasteiger charge is 2.13. The van der Waals surface area contributed by atoms with E-state index >= 15 is 0 Å². The number of sulfone groups is 1. The monoisotopic (exact) mass is 308 g/mol. The van der Waals surface area contributed by atoms with Crippen molar-refractivity contribution in [2.75, 3.05) is 24.0 Å². The topological polar surface area (TPSA) is 114 Å². The first kappa shape index (κ1) is 15.2. The molecule has 0 atom stereocenters. The van der Waals surface area contributed by atoms with Crippen molar-refractivity contribution in [3.05, 3.63) is 35.9 Å². The van der Waals surface area contributed by atoms with Crippen LogP contribution in [0.1, 0.15) is 10.4 Å². The zero-order valence-corrected chi connectivity index (χ0v) is 12.3. The van der Waals surface area contributed by atoms with E-state index < -0.39 is 9.84 Å². The van der Waals surface area contributed by atoms with Gasteiger partial charge in [0.25, 0.3) is 5.91 Å². The number of hydrogen-bond acceptors (Lipinski definition) is 6. The quantitative estimate of drug-likeness (QED) is 0.540. The summed E-state index contributed by atoms with van der Waals surface area (Å²) >= 11 is 0. The molecule has 0 aliphatic rings. The highest BCUT2D eigenvalue weighted by atomic mass is 32.2. The third-order valence-electron chi connectivity index (χ3n) is 2.87. The Labute approximate surface area is 122 Å². The fourth-order valence-corrected chi connectivity index (χ4v) is 2.36. The Morgan fingerprint density at radius 1 is 1.33 bits per heavy atom. The smallest absolute Gasteiger partial charge is 0.252 e. The Hall–Kier alpha value is -2.19. The summed E-state index contributed by atoms with van der Waals surface area (Å²) < 4.78 is 22.1. The summed E-state index contributed by atoms with van der Waals surface area (Å²) in [5.74, 6) is 5.23. The highest BCUT2D eigenvalue weighted by Crippen LogP contribution is 2.20. The van der Waals surface area contributed by atoms with Gasteiger partial charge in [0.2, 0.25) is 0 Å². The van der Waals surface area contributed by atoms with Crippen LogP contribution < -0.4 is 16.6 Å². The number of carbonyl (C=O) groups excluding carboxylic acids is 1. The van der Waals surface area contributed by atoms with E-state index in [1.54, 1.807) is 24.3 Å². The lowest BCUT2D eigenvalue weighted by Gasteiger charge is -2.09. The van der Waals surface area contributed by atoms with Gasteiger partial charge in [-0.2, -0.15) is 0 Å². The lowest BCUT2D eigenvalue weighted by atomic mass is 10.1. The molecule has 112 valence electrons. The van der Waals surface area contributed by atoms with Gasteiger partial charge in [0.1, 0.15) is 15.7 Å². The van der Waals surface area contributed by atoms with Crippen LogP contribution in [0.25, 0.3) is 10.9 Å². The van der Waals surface area contributed by atoms with Crippen molar-refractivity contribution in [2.45, 2.75) is 0 Å². The second kappa shape index (κ2) is 6.06. The molecule has 0 fully saturated rings. The maximum absolute atomic E-state index is 12.2. The van der Waals surface area contributed by atoms with Crippen LogP contribution in [0, 0.1) is 0 Å². The van der Waals surface area contributed by atoms with Crippen molar-refractivity contribution in [3.8, 4) is 0 Å². The molecule has 4 N–H and O–H groups in total. The Bertz CT molecular complexity index is 774. The number of amides is 1. The van der Waals surface area contributed by atoms with Gasteiger partial charge in [0.15, 0.2) is 0 Å². The van der Waals surface area contributed by atoms with Gasteiger partial charge in [-0.15, -0.1) is 0 Å². The van der Waals surface area contributed by atoms with Gasteiger partial charge in [-0.1, -0.05) is 18.2 Å². The molecule has 0 bridgehead atoms. The molecule has 1 amide bonds. The molecule has 0 aliphatic carbocycles. The number of rotatable bonds is 5. The Morgan fingerprint density at radius 2 is 2.05 bits per heavy atom. The molecule has 8 heteroatoms. The first-order chi connectivity index (χ1) is 9.90. The highest BCUT2D eigenvalue weighted by molar-refractivity contribution is 7.90. The molecule has 2 rings (SSSR count). The van der Waals surface area contributed by atoms with E-state index in [0.29, 0.717) is 22.3 Å². The number of fused-ring (bicyclic) bond motifs is 1. The molecule has 0 aliphatic heterocycles. The van der Waals surface area contributed by atoms with Gasteiger partial charge in [0.05, 0.1) is 16.8 Å². The van der Waals surface area contributed by atoms with E-state index in [9.17, 15) is 13.2 Å². The molecule has 1 heterocycles. The summed E-state index contributed by atoms with van der Waals surface area (Å²) in [4.78, 5) is 16.5. The minimum Gasteiger partial charge on any atom is -0.351 e. The standard InChI is InChI=1S/C13H16N4O3S/c1-21(19,20)7-6-15-13(18)10-8-12(17-14)16-11-5-3-2-4-9(10)11/h2-5,8H,6-7,14H2,1H3,(H,15,18)(H,16,17). The summed E-state index contributed by atoms with van der Waals surface area (Å²) in [7, 11) is -3.12. The van der Waals surface area contributed by atoms with Crippen LogP contribution in [0.4, 0.5) is 5.82 Å². The number of nitrogen functional groups attached to an aromatic ring is 1. The number of nitrogens with zero attached hydrogens (tertiary/aromatic N) is 1. The van der Waals surface area contributed by atoms with E-state index in [-0.39, 0.29) is 18.2 Å². The Balaban J connectivity index is 2.29. The zero-order valence-electron chi connectivity index (χ0n) is 11.5. The minimum absolute atomic E-state index is 0.0553. The van der Waals surface area contributed by atoms with Crippen LogP contribution >= 0.6 is 0 Å². The van der Waals surface area contributed by atoms with E-state index in [4.69, 9.17) is 5.84 Å². The maximum atomic E-state index is 12.2. The summed E-state index contributed by atoms with van der Waals surface area (Å²) in [6.07, 6.45) is 1.12. The van der Waals surface area contributed by atoms with Crippen LogP contribution in [-0.2, 0) is 9.84 Å². The molecule has 0 saturated carbocycles. The third kappa shape index (κ3) is 3.89. The third-order valence-corrected chi connectivity index (χ3v) is 3.81. The van der Waals surface area contributed by atoms with Gasteiger partial charge >= 0.3 is 0 Å². The molecule has 7 nitrogen and oxygen atoms in total. The van der Waals surface area contributed by atoms with Crippen LogP contribution in [-0.4, -0.2) is 37.9 Å². The van der Waals surface area contributed by atoms with Crippen molar-refractivity contribution >= 4 is 32.5 Å². The minimum atomic E-state index is -3.12. The van der Waals surface area contributed by atoms with Crippen molar-refractivity contribution in [1.82, 2.24) is 10.3 Å².